The average molecular weight is 194 g/mol. The minimum absolute atomic E-state index is 0.212. The Balaban J connectivity index is 2.08. The summed E-state index contributed by atoms with van der Waals surface area (Å²) in [6.45, 7) is 0. The molecule has 0 spiro atoms. The SMILES string of the molecule is O=C(Nc1cn[nH]c1)c1nccs1. The largest absolute Gasteiger partial charge is 0.317 e. The zero-order chi connectivity index (χ0) is 9.10. The molecule has 2 heterocycles. The Morgan fingerprint density at radius 1 is 1.62 bits per heavy atom. The number of amides is 1. The van der Waals surface area contributed by atoms with Crippen molar-refractivity contribution < 1.29 is 4.79 Å². The molecule has 66 valence electrons. The molecule has 2 rings (SSSR count). The fourth-order valence-electron chi connectivity index (χ4n) is 0.839. The summed E-state index contributed by atoms with van der Waals surface area (Å²) < 4.78 is 0. The predicted octanol–water partition coefficient (Wildman–Crippen LogP) is 1.12. The van der Waals surface area contributed by atoms with Crippen molar-refractivity contribution in [2.75, 3.05) is 5.32 Å². The van der Waals surface area contributed by atoms with Crippen LogP contribution in [0.3, 0.4) is 0 Å². The number of anilines is 1. The van der Waals surface area contributed by atoms with Gasteiger partial charge in [-0.05, 0) is 0 Å². The molecule has 0 aliphatic carbocycles. The number of aromatic amines is 1. The second-order valence-electron chi connectivity index (χ2n) is 2.28. The summed E-state index contributed by atoms with van der Waals surface area (Å²) >= 11 is 1.30. The van der Waals surface area contributed by atoms with E-state index in [1.54, 1.807) is 17.8 Å². The van der Waals surface area contributed by atoms with E-state index < -0.39 is 0 Å². The van der Waals surface area contributed by atoms with Crippen molar-refractivity contribution in [3.05, 3.63) is 29.0 Å². The van der Waals surface area contributed by atoms with Crippen molar-refractivity contribution in [1.82, 2.24) is 15.2 Å². The first kappa shape index (κ1) is 7.93. The summed E-state index contributed by atoms with van der Waals surface area (Å²) in [5.41, 5.74) is 0.639. The second kappa shape index (κ2) is 3.36. The van der Waals surface area contributed by atoms with Crippen LogP contribution in [-0.4, -0.2) is 21.1 Å². The van der Waals surface area contributed by atoms with Gasteiger partial charge in [-0.25, -0.2) is 4.98 Å². The van der Waals surface area contributed by atoms with Crippen LogP contribution in [0, 0.1) is 0 Å². The van der Waals surface area contributed by atoms with Gasteiger partial charge in [0.05, 0.1) is 11.9 Å². The number of rotatable bonds is 2. The van der Waals surface area contributed by atoms with E-state index in [1.165, 1.54) is 17.5 Å². The van der Waals surface area contributed by atoms with Gasteiger partial charge in [-0.3, -0.25) is 9.89 Å². The van der Waals surface area contributed by atoms with Gasteiger partial charge in [-0.1, -0.05) is 0 Å². The lowest BCUT2D eigenvalue weighted by molar-refractivity contribution is 0.102. The van der Waals surface area contributed by atoms with Crippen molar-refractivity contribution >= 4 is 22.9 Å². The highest BCUT2D eigenvalue weighted by atomic mass is 32.1. The number of H-pyrrole nitrogens is 1. The Kier molecular flexibility index (Phi) is 2.05. The summed E-state index contributed by atoms with van der Waals surface area (Å²) in [5.74, 6) is -0.212. The van der Waals surface area contributed by atoms with Gasteiger partial charge >= 0.3 is 0 Å². The van der Waals surface area contributed by atoms with E-state index in [1.807, 2.05) is 0 Å². The Hall–Kier alpha value is -1.69. The summed E-state index contributed by atoms with van der Waals surface area (Å²) in [7, 11) is 0. The molecule has 0 saturated carbocycles. The summed E-state index contributed by atoms with van der Waals surface area (Å²) in [6.07, 6.45) is 4.73. The van der Waals surface area contributed by atoms with E-state index in [-0.39, 0.29) is 5.91 Å². The molecule has 2 aromatic heterocycles. The minimum atomic E-state index is -0.212. The summed E-state index contributed by atoms with van der Waals surface area (Å²) in [6, 6.07) is 0. The highest BCUT2D eigenvalue weighted by Crippen LogP contribution is 2.08. The minimum Gasteiger partial charge on any atom is -0.317 e. The van der Waals surface area contributed by atoms with E-state index in [0.29, 0.717) is 10.7 Å². The average Bonchev–Trinajstić information content (AvgIpc) is 2.74. The molecule has 1 amide bonds. The molecule has 0 aliphatic rings. The zero-order valence-electron chi connectivity index (χ0n) is 6.52. The lowest BCUT2D eigenvalue weighted by Crippen LogP contribution is -2.10. The third-order valence-corrected chi connectivity index (χ3v) is 2.15. The van der Waals surface area contributed by atoms with E-state index in [4.69, 9.17) is 0 Å². The number of carbonyl (C=O) groups excluding carboxylic acids is 1. The molecule has 0 aliphatic heterocycles. The van der Waals surface area contributed by atoms with Gasteiger partial charge in [0.2, 0.25) is 0 Å². The number of carbonyl (C=O) groups is 1. The first-order valence-corrected chi connectivity index (χ1v) is 4.44. The fourth-order valence-corrected chi connectivity index (χ4v) is 1.37. The molecular weight excluding hydrogens is 188 g/mol. The molecule has 0 saturated heterocycles. The Bertz CT molecular complexity index is 381. The molecular formula is C7H6N4OS. The van der Waals surface area contributed by atoms with Crippen molar-refractivity contribution in [3.8, 4) is 0 Å². The standard InChI is InChI=1S/C7H6N4OS/c12-6(7-8-1-2-13-7)11-5-3-9-10-4-5/h1-4H,(H,9,10)(H,11,12). The molecule has 0 atom stereocenters. The van der Waals surface area contributed by atoms with Crippen LogP contribution in [0.25, 0.3) is 0 Å². The molecule has 5 nitrogen and oxygen atoms in total. The van der Waals surface area contributed by atoms with Crippen molar-refractivity contribution in [1.29, 1.82) is 0 Å². The van der Waals surface area contributed by atoms with Crippen LogP contribution in [-0.2, 0) is 0 Å². The Labute approximate surface area is 77.8 Å². The van der Waals surface area contributed by atoms with Gasteiger partial charge in [0.1, 0.15) is 0 Å². The maximum atomic E-state index is 11.4. The normalized spacial score (nSPS) is 9.85. The lowest BCUT2D eigenvalue weighted by atomic mass is 10.5. The second-order valence-corrected chi connectivity index (χ2v) is 3.17. The van der Waals surface area contributed by atoms with Gasteiger partial charge in [0.15, 0.2) is 5.01 Å². The van der Waals surface area contributed by atoms with E-state index in [2.05, 4.69) is 20.5 Å². The third kappa shape index (κ3) is 1.73. The molecule has 2 aromatic rings. The number of thiazole rings is 1. The number of aromatic nitrogens is 3. The summed E-state index contributed by atoms with van der Waals surface area (Å²) in [4.78, 5) is 15.2. The topological polar surface area (TPSA) is 70.7 Å². The molecule has 0 aromatic carbocycles. The monoisotopic (exact) mass is 194 g/mol. The van der Waals surface area contributed by atoms with Crippen LogP contribution in [0.15, 0.2) is 24.0 Å². The van der Waals surface area contributed by atoms with Gasteiger partial charge < -0.3 is 5.32 Å². The van der Waals surface area contributed by atoms with Crippen LogP contribution < -0.4 is 5.32 Å². The van der Waals surface area contributed by atoms with Crippen molar-refractivity contribution in [2.45, 2.75) is 0 Å². The smallest absolute Gasteiger partial charge is 0.284 e. The van der Waals surface area contributed by atoms with Crippen LogP contribution in [0.5, 0.6) is 0 Å². The molecule has 0 fully saturated rings. The highest BCUT2D eigenvalue weighted by Gasteiger charge is 2.08. The quantitative estimate of drug-likeness (QED) is 0.752. The highest BCUT2D eigenvalue weighted by molar-refractivity contribution is 7.11. The van der Waals surface area contributed by atoms with Gasteiger partial charge in [-0.15, -0.1) is 11.3 Å². The van der Waals surface area contributed by atoms with Gasteiger partial charge in [0, 0.05) is 17.8 Å². The van der Waals surface area contributed by atoms with E-state index in [9.17, 15) is 4.79 Å². The fraction of sp³-hybridized carbons (Fsp3) is 0. The summed E-state index contributed by atoms with van der Waals surface area (Å²) in [5, 5.41) is 11.1. The lowest BCUT2D eigenvalue weighted by Gasteiger charge is -1.96. The maximum Gasteiger partial charge on any atom is 0.284 e. The Morgan fingerprint density at radius 2 is 2.54 bits per heavy atom. The predicted molar refractivity (Wildman–Crippen MR) is 48.7 cm³/mol. The van der Waals surface area contributed by atoms with Crippen molar-refractivity contribution in [3.63, 3.8) is 0 Å². The Morgan fingerprint density at radius 3 is 3.15 bits per heavy atom. The molecule has 2 N–H and O–H groups in total. The van der Waals surface area contributed by atoms with Crippen LogP contribution in [0.4, 0.5) is 5.69 Å². The molecule has 0 unspecified atom stereocenters. The molecule has 0 bridgehead atoms. The molecule has 0 radical (unpaired) electrons. The molecule has 13 heavy (non-hydrogen) atoms. The first-order valence-electron chi connectivity index (χ1n) is 3.56. The van der Waals surface area contributed by atoms with Gasteiger partial charge in [-0.2, -0.15) is 5.10 Å². The number of hydrogen-bond donors (Lipinski definition) is 2. The van der Waals surface area contributed by atoms with E-state index in [0.717, 1.165) is 0 Å². The van der Waals surface area contributed by atoms with Crippen LogP contribution >= 0.6 is 11.3 Å². The number of nitrogens with zero attached hydrogens (tertiary/aromatic N) is 2. The first-order chi connectivity index (χ1) is 6.36. The van der Waals surface area contributed by atoms with Crippen LogP contribution in [0.2, 0.25) is 0 Å². The van der Waals surface area contributed by atoms with Crippen LogP contribution in [0.1, 0.15) is 9.80 Å². The van der Waals surface area contributed by atoms with Crippen molar-refractivity contribution in [2.24, 2.45) is 0 Å². The molecule has 6 heteroatoms. The number of hydrogen-bond acceptors (Lipinski definition) is 4. The third-order valence-electron chi connectivity index (χ3n) is 1.38. The van der Waals surface area contributed by atoms with Gasteiger partial charge in [0.25, 0.3) is 5.91 Å². The maximum absolute atomic E-state index is 11.4. The zero-order valence-corrected chi connectivity index (χ0v) is 7.34. The number of nitrogens with one attached hydrogen (secondary N) is 2. The van der Waals surface area contributed by atoms with E-state index >= 15 is 0 Å².